The fraction of sp³-hybridized carbons (Fsp3) is 0.500. The molecule has 4 nitrogen and oxygen atoms in total. The number of urea groups is 1. The zero-order valence-electron chi connectivity index (χ0n) is 11.1. The van der Waals surface area contributed by atoms with Crippen molar-refractivity contribution in [1.82, 2.24) is 10.2 Å². The SMILES string of the molecule is CC(C)(CNC(N)=O)N1CCc2ccccc2C1. The molecule has 0 aromatic heterocycles. The molecule has 1 aromatic carbocycles. The van der Waals surface area contributed by atoms with E-state index in [1.165, 1.54) is 11.1 Å². The molecule has 0 fully saturated rings. The van der Waals surface area contributed by atoms with Crippen molar-refractivity contribution < 1.29 is 4.79 Å². The van der Waals surface area contributed by atoms with E-state index in [-0.39, 0.29) is 5.54 Å². The van der Waals surface area contributed by atoms with Crippen LogP contribution in [-0.2, 0) is 13.0 Å². The average Bonchev–Trinajstić information content (AvgIpc) is 2.36. The monoisotopic (exact) mass is 247 g/mol. The van der Waals surface area contributed by atoms with Gasteiger partial charge in [-0.1, -0.05) is 24.3 Å². The van der Waals surface area contributed by atoms with Crippen LogP contribution in [0.2, 0.25) is 0 Å². The third-order valence-corrected chi connectivity index (χ3v) is 3.68. The van der Waals surface area contributed by atoms with Crippen molar-refractivity contribution in [3.8, 4) is 0 Å². The fourth-order valence-electron chi connectivity index (χ4n) is 2.43. The van der Waals surface area contributed by atoms with E-state index < -0.39 is 6.03 Å². The Labute approximate surface area is 108 Å². The summed E-state index contributed by atoms with van der Waals surface area (Å²) in [6, 6.07) is 8.09. The maximum Gasteiger partial charge on any atom is 0.312 e. The van der Waals surface area contributed by atoms with E-state index in [1.807, 2.05) is 0 Å². The molecule has 98 valence electrons. The summed E-state index contributed by atoms with van der Waals surface area (Å²) in [5.41, 5.74) is 7.88. The van der Waals surface area contributed by atoms with Gasteiger partial charge in [0.05, 0.1) is 0 Å². The lowest BCUT2D eigenvalue weighted by molar-refractivity contribution is 0.105. The summed E-state index contributed by atoms with van der Waals surface area (Å²) in [5.74, 6) is 0. The van der Waals surface area contributed by atoms with Crippen LogP contribution in [-0.4, -0.2) is 29.6 Å². The van der Waals surface area contributed by atoms with E-state index in [4.69, 9.17) is 5.73 Å². The number of primary amides is 1. The van der Waals surface area contributed by atoms with Crippen molar-refractivity contribution in [3.63, 3.8) is 0 Å². The van der Waals surface area contributed by atoms with E-state index >= 15 is 0 Å². The lowest BCUT2D eigenvalue weighted by atomic mass is 9.94. The Balaban J connectivity index is 2.05. The number of hydrogen-bond donors (Lipinski definition) is 2. The van der Waals surface area contributed by atoms with Crippen LogP contribution in [0.5, 0.6) is 0 Å². The minimum absolute atomic E-state index is 0.0808. The molecule has 0 atom stereocenters. The number of fused-ring (bicyclic) bond motifs is 1. The predicted molar refractivity (Wildman–Crippen MR) is 72.2 cm³/mol. The van der Waals surface area contributed by atoms with Gasteiger partial charge in [0, 0.05) is 25.2 Å². The molecular weight excluding hydrogens is 226 g/mol. The van der Waals surface area contributed by atoms with Gasteiger partial charge in [0.15, 0.2) is 0 Å². The quantitative estimate of drug-likeness (QED) is 0.850. The van der Waals surface area contributed by atoms with Gasteiger partial charge in [-0.25, -0.2) is 4.79 Å². The molecule has 0 aliphatic carbocycles. The van der Waals surface area contributed by atoms with E-state index in [9.17, 15) is 4.79 Å². The van der Waals surface area contributed by atoms with Gasteiger partial charge in [0.25, 0.3) is 0 Å². The van der Waals surface area contributed by atoms with Crippen molar-refractivity contribution in [1.29, 1.82) is 0 Å². The smallest absolute Gasteiger partial charge is 0.312 e. The topological polar surface area (TPSA) is 58.4 Å². The molecular formula is C14H21N3O. The molecule has 0 saturated heterocycles. The standard InChI is InChI=1S/C14H21N3O/c1-14(2,10-16-13(15)18)17-8-7-11-5-3-4-6-12(11)9-17/h3-6H,7-10H2,1-2H3,(H3,15,16,18). The highest BCUT2D eigenvalue weighted by molar-refractivity contribution is 5.71. The van der Waals surface area contributed by atoms with E-state index in [0.29, 0.717) is 6.54 Å². The van der Waals surface area contributed by atoms with Crippen molar-refractivity contribution in [3.05, 3.63) is 35.4 Å². The van der Waals surface area contributed by atoms with Crippen LogP contribution >= 0.6 is 0 Å². The highest BCUT2D eigenvalue weighted by atomic mass is 16.2. The molecule has 1 aromatic rings. The van der Waals surface area contributed by atoms with Crippen LogP contribution in [0.25, 0.3) is 0 Å². The maximum atomic E-state index is 10.8. The Kier molecular flexibility index (Phi) is 3.57. The Morgan fingerprint density at radius 1 is 1.39 bits per heavy atom. The van der Waals surface area contributed by atoms with E-state index in [0.717, 1.165) is 19.5 Å². The van der Waals surface area contributed by atoms with Gasteiger partial charge in [0.2, 0.25) is 0 Å². The highest BCUT2D eigenvalue weighted by Gasteiger charge is 2.29. The molecule has 0 spiro atoms. The van der Waals surface area contributed by atoms with Gasteiger partial charge in [-0.3, -0.25) is 4.90 Å². The van der Waals surface area contributed by atoms with Gasteiger partial charge in [0.1, 0.15) is 0 Å². The number of nitrogens with zero attached hydrogens (tertiary/aromatic N) is 1. The van der Waals surface area contributed by atoms with Crippen LogP contribution in [0.3, 0.4) is 0 Å². The van der Waals surface area contributed by atoms with Gasteiger partial charge < -0.3 is 11.1 Å². The number of benzene rings is 1. The van der Waals surface area contributed by atoms with Crippen LogP contribution < -0.4 is 11.1 Å². The van der Waals surface area contributed by atoms with Crippen molar-refractivity contribution >= 4 is 6.03 Å². The van der Waals surface area contributed by atoms with Gasteiger partial charge >= 0.3 is 6.03 Å². The van der Waals surface area contributed by atoms with Crippen molar-refractivity contribution in [2.45, 2.75) is 32.4 Å². The minimum Gasteiger partial charge on any atom is -0.352 e. The minimum atomic E-state index is -0.458. The largest absolute Gasteiger partial charge is 0.352 e. The van der Waals surface area contributed by atoms with Gasteiger partial charge in [-0.15, -0.1) is 0 Å². The lowest BCUT2D eigenvalue weighted by Crippen LogP contribution is -2.53. The Bertz CT molecular complexity index is 442. The molecule has 0 bridgehead atoms. The summed E-state index contributed by atoms with van der Waals surface area (Å²) in [4.78, 5) is 13.2. The van der Waals surface area contributed by atoms with Crippen LogP contribution in [0.4, 0.5) is 4.79 Å². The number of nitrogens with one attached hydrogen (secondary N) is 1. The molecule has 18 heavy (non-hydrogen) atoms. The number of amides is 2. The summed E-state index contributed by atoms with van der Waals surface area (Å²) in [5, 5.41) is 2.70. The number of rotatable bonds is 3. The molecule has 0 radical (unpaired) electrons. The molecule has 0 unspecified atom stereocenters. The second kappa shape index (κ2) is 4.98. The van der Waals surface area contributed by atoms with Crippen LogP contribution in [0, 0.1) is 0 Å². The molecule has 1 aliphatic rings. The van der Waals surface area contributed by atoms with E-state index in [1.54, 1.807) is 0 Å². The molecule has 0 saturated carbocycles. The van der Waals surface area contributed by atoms with E-state index in [2.05, 4.69) is 48.3 Å². The third kappa shape index (κ3) is 2.82. The molecule has 2 amide bonds. The first-order valence-electron chi connectivity index (χ1n) is 6.34. The Morgan fingerprint density at radius 2 is 2.06 bits per heavy atom. The summed E-state index contributed by atoms with van der Waals surface area (Å²) in [6.45, 7) is 6.80. The van der Waals surface area contributed by atoms with Crippen LogP contribution in [0.15, 0.2) is 24.3 Å². The van der Waals surface area contributed by atoms with Gasteiger partial charge in [-0.2, -0.15) is 0 Å². The normalized spacial score (nSPS) is 16.1. The summed E-state index contributed by atoms with van der Waals surface area (Å²) < 4.78 is 0. The summed E-state index contributed by atoms with van der Waals surface area (Å²) in [6.07, 6.45) is 1.07. The molecule has 1 aliphatic heterocycles. The van der Waals surface area contributed by atoms with Crippen LogP contribution in [0.1, 0.15) is 25.0 Å². The Morgan fingerprint density at radius 3 is 2.72 bits per heavy atom. The highest BCUT2D eigenvalue weighted by Crippen LogP contribution is 2.24. The number of nitrogens with two attached hydrogens (primary N) is 1. The van der Waals surface area contributed by atoms with Gasteiger partial charge in [-0.05, 0) is 31.4 Å². The first-order valence-corrected chi connectivity index (χ1v) is 6.34. The molecule has 2 rings (SSSR count). The molecule has 4 heteroatoms. The van der Waals surface area contributed by atoms with Crippen molar-refractivity contribution in [2.24, 2.45) is 5.73 Å². The average molecular weight is 247 g/mol. The lowest BCUT2D eigenvalue weighted by Gasteiger charge is -2.41. The number of carbonyl (C=O) groups is 1. The summed E-state index contributed by atoms with van der Waals surface area (Å²) >= 11 is 0. The predicted octanol–water partition coefficient (Wildman–Crippen LogP) is 1.49. The zero-order chi connectivity index (χ0) is 13.2. The Hall–Kier alpha value is -1.55. The third-order valence-electron chi connectivity index (χ3n) is 3.68. The molecule has 1 heterocycles. The summed E-state index contributed by atoms with van der Waals surface area (Å²) in [7, 11) is 0. The zero-order valence-corrected chi connectivity index (χ0v) is 11.1. The maximum absolute atomic E-state index is 10.8. The fourth-order valence-corrected chi connectivity index (χ4v) is 2.43. The first-order chi connectivity index (χ1) is 8.49. The van der Waals surface area contributed by atoms with Crippen molar-refractivity contribution in [2.75, 3.05) is 13.1 Å². The first kappa shape index (κ1) is 12.9. The number of carbonyl (C=O) groups excluding carboxylic acids is 1. The second-order valence-corrected chi connectivity index (χ2v) is 5.47. The second-order valence-electron chi connectivity index (χ2n) is 5.47. The number of hydrogen-bond acceptors (Lipinski definition) is 2. The molecule has 3 N–H and O–H groups in total.